The van der Waals surface area contributed by atoms with Crippen LogP contribution in [0.2, 0.25) is 0 Å². The third kappa shape index (κ3) is 6.41. The van der Waals surface area contributed by atoms with Crippen LogP contribution >= 0.6 is 11.8 Å². The van der Waals surface area contributed by atoms with Gasteiger partial charge in [-0.3, -0.25) is 4.90 Å². The van der Waals surface area contributed by atoms with Crippen molar-refractivity contribution >= 4 is 17.8 Å². The van der Waals surface area contributed by atoms with E-state index in [2.05, 4.69) is 53.6 Å². The second-order valence-corrected chi connectivity index (χ2v) is 7.74. The van der Waals surface area contributed by atoms with Crippen molar-refractivity contribution in [1.29, 1.82) is 0 Å². The largest absolute Gasteiger partial charge is 0.337 e. The van der Waals surface area contributed by atoms with E-state index < -0.39 is 0 Å². The number of amides is 2. The van der Waals surface area contributed by atoms with Crippen LogP contribution in [0.15, 0.2) is 35.2 Å². The molecule has 0 bridgehead atoms. The van der Waals surface area contributed by atoms with Crippen LogP contribution in [0.5, 0.6) is 0 Å². The fraction of sp³-hybridized carbons (Fsp3) is 0.588. The van der Waals surface area contributed by atoms with Gasteiger partial charge in [0, 0.05) is 48.9 Å². The van der Waals surface area contributed by atoms with E-state index in [0.29, 0.717) is 24.4 Å². The van der Waals surface area contributed by atoms with Gasteiger partial charge in [-0.2, -0.15) is 0 Å². The summed E-state index contributed by atoms with van der Waals surface area (Å²) in [5.41, 5.74) is 0. The lowest BCUT2D eigenvalue weighted by Gasteiger charge is -2.37. The molecular formula is C17H28N4OS. The summed E-state index contributed by atoms with van der Waals surface area (Å²) in [6.45, 7) is 6.61. The molecule has 0 unspecified atom stereocenters. The van der Waals surface area contributed by atoms with E-state index in [0.717, 1.165) is 19.6 Å². The molecule has 5 nitrogen and oxygen atoms in total. The lowest BCUT2D eigenvalue weighted by molar-refractivity contribution is 0.114. The topological polar surface area (TPSA) is 47.6 Å². The van der Waals surface area contributed by atoms with Crippen molar-refractivity contribution in [3.8, 4) is 0 Å². The van der Waals surface area contributed by atoms with E-state index in [-0.39, 0.29) is 6.03 Å². The maximum Gasteiger partial charge on any atom is 0.314 e. The Balaban J connectivity index is 1.64. The quantitative estimate of drug-likeness (QED) is 0.777. The fourth-order valence-electron chi connectivity index (χ4n) is 2.60. The number of carbonyl (C=O) groups excluding carboxylic acids is 1. The van der Waals surface area contributed by atoms with Gasteiger partial charge in [0.05, 0.1) is 0 Å². The van der Waals surface area contributed by atoms with Gasteiger partial charge in [-0.1, -0.05) is 25.1 Å². The normalized spacial score (nSPS) is 20.9. The van der Waals surface area contributed by atoms with Gasteiger partial charge in [0.1, 0.15) is 0 Å². The molecule has 0 aliphatic carbocycles. The van der Waals surface area contributed by atoms with Gasteiger partial charge in [0.25, 0.3) is 0 Å². The van der Waals surface area contributed by atoms with Crippen LogP contribution in [0.1, 0.15) is 6.92 Å². The SMILES string of the molecule is C[C@H](CNC(=O)NC[C@H]1CN(C)CCN1C)Sc1ccccc1. The van der Waals surface area contributed by atoms with Crippen LogP contribution in [-0.2, 0) is 0 Å². The average Bonchev–Trinajstić information content (AvgIpc) is 2.54. The molecule has 1 aliphatic rings. The van der Waals surface area contributed by atoms with Crippen molar-refractivity contribution in [3.63, 3.8) is 0 Å². The zero-order chi connectivity index (χ0) is 16.7. The Kier molecular flexibility index (Phi) is 7.20. The molecular weight excluding hydrogens is 308 g/mol. The molecule has 23 heavy (non-hydrogen) atoms. The molecule has 1 aliphatic heterocycles. The number of piperazine rings is 1. The average molecular weight is 337 g/mol. The molecule has 2 amide bonds. The standard InChI is InChI=1S/C17H28N4OS/c1-14(23-16-7-5-4-6-8-16)11-18-17(22)19-12-15-13-20(2)9-10-21(15)3/h4-8,14-15H,9-13H2,1-3H3,(H2,18,19,22)/t14-,15+/m1/s1. The van der Waals surface area contributed by atoms with Crippen LogP contribution in [0, 0.1) is 0 Å². The molecule has 1 fully saturated rings. The van der Waals surface area contributed by atoms with E-state index in [9.17, 15) is 4.79 Å². The van der Waals surface area contributed by atoms with Crippen molar-refractivity contribution < 1.29 is 4.79 Å². The van der Waals surface area contributed by atoms with Gasteiger partial charge < -0.3 is 15.5 Å². The number of benzene rings is 1. The first kappa shape index (κ1) is 18.1. The Labute approximate surface area is 143 Å². The smallest absolute Gasteiger partial charge is 0.314 e. The number of urea groups is 1. The number of carbonyl (C=O) groups is 1. The second-order valence-electron chi connectivity index (χ2n) is 6.23. The molecule has 0 radical (unpaired) electrons. The van der Waals surface area contributed by atoms with Gasteiger partial charge >= 0.3 is 6.03 Å². The number of likely N-dealkylation sites (N-methyl/N-ethyl adjacent to an activating group) is 2. The van der Waals surface area contributed by atoms with E-state index >= 15 is 0 Å². The van der Waals surface area contributed by atoms with Crippen molar-refractivity contribution in [2.45, 2.75) is 23.1 Å². The molecule has 2 N–H and O–H groups in total. The fourth-order valence-corrected chi connectivity index (χ4v) is 3.55. The molecule has 1 heterocycles. The highest BCUT2D eigenvalue weighted by molar-refractivity contribution is 8.00. The van der Waals surface area contributed by atoms with Gasteiger partial charge in [0.2, 0.25) is 0 Å². The number of nitrogens with one attached hydrogen (secondary N) is 2. The highest BCUT2D eigenvalue weighted by Crippen LogP contribution is 2.21. The van der Waals surface area contributed by atoms with Crippen molar-refractivity contribution in [3.05, 3.63) is 30.3 Å². The summed E-state index contributed by atoms with van der Waals surface area (Å²) in [5.74, 6) is 0. The minimum absolute atomic E-state index is 0.0767. The molecule has 0 aromatic heterocycles. The Morgan fingerprint density at radius 1 is 1.26 bits per heavy atom. The highest BCUT2D eigenvalue weighted by atomic mass is 32.2. The molecule has 2 rings (SSSR count). The molecule has 1 aromatic rings. The summed E-state index contributed by atoms with van der Waals surface area (Å²) in [6, 6.07) is 10.6. The zero-order valence-electron chi connectivity index (χ0n) is 14.3. The molecule has 128 valence electrons. The summed E-state index contributed by atoms with van der Waals surface area (Å²) >= 11 is 1.77. The number of nitrogens with zero attached hydrogens (tertiary/aromatic N) is 2. The van der Waals surface area contributed by atoms with Crippen molar-refractivity contribution in [2.75, 3.05) is 46.8 Å². The lowest BCUT2D eigenvalue weighted by Crippen LogP contribution is -2.55. The number of thioether (sulfide) groups is 1. The van der Waals surface area contributed by atoms with Crippen LogP contribution < -0.4 is 10.6 Å². The minimum atomic E-state index is -0.0767. The van der Waals surface area contributed by atoms with Gasteiger partial charge in [0.15, 0.2) is 0 Å². The van der Waals surface area contributed by atoms with Gasteiger partial charge in [-0.15, -0.1) is 11.8 Å². The lowest BCUT2D eigenvalue weighted by atomic mass is 10.2. The van der Waals surface area contributed by atoms with Crippen LogP contribution in [0.25, 0.3) is 0 Å². The Morgan fingerprint density at radius 2 is 2.00 bits per heavy atom. The maximum absolute atomic E-state index is 12.0. The number of rotatable bonds is 6. The molecule has 2 atom stereocenters. The summed E-state index contributed by atoms with van der Waals surface area (Å²) in [5, 5.41) is 6.30. The molecule has 0 spiro atoms. The van der Waals surface area contributed by atoms with Crippen LogP contribution in [-0.4, -0.2) is 73.9 Å². The summed E-state index contributed by atoms with van der Waals surface area (Å²) in [4.78, 5) is 17.8. The Morgan fingerprint density at radius 3 is 2.74 bits per heavy atom. The van der Waals surface area contributed by atoms with E-state index in [4.69, 9.17) is 0 Å². The molecule has 6 heteroatoms. The first-order valence-corrected chi connectivity index (χ1v) is 9.04. The Bertz CT molecular complexity index is 485. The van der Waals surface area contributed by atoms with E-state index in [1.165, 1.54) is 4.90 Å². The second kappa shape index (κ2) is 9.15. The highest BCUT2D eigenvalue weighted by Gasteiger charge is 2.22. The first-order valence-electron chi connectivity index (χ1n) is 8.17. The van der Waals surface area contributed by atoms with Crippen LogP contribution in [0.3, 0.4) is 0 Å². The summed E-state index contributed by atoms with van der Waals surface area (Å²) < 4.78 is 0. The number of hydrogen-bond acceptors (Lipinski definition) is 4. The van der Waals surface area contributed by atoms with Gasteiger partial charge in [-0.05, 0) is 26.2 Å². The summed E-state index contributed by atoms with van der Waals surface area (Å²) in [6.07, 6.45) is 0. The third-order valence-electron chi connectivity index (χ3n) is 4.11. The number of hydrogen-bond donors (Lipinski definition) is 2. The third-order valence-corrected chi connectivity index (χ3v) is 5.22. The predicted molar refractivity (Wildman–Crippen MR) is 97.1 cm³/mol. The maximum atomic E-state index is 12.0. The molecule has 1 saturated heterocycles. The first-order chi connectivity index (χ1) is 11.0. The van der Waals surface area contributed by atoms with E-state index in [1.807, 2.05) is 18.2 Å². The Hall–Kier alpha value is -1.24. The predicted octanol–water partition coefficient (Wildman–Crippen LogP) is 1.71. The van der Waals surface area contributed by atoms with Gasteiger partial charge in [-0.25, -0.2) is 4.79 Å². The minimum Gasteiger partial charge on any atom is -0.337 e. The summed E-state index contributed by atoms with van der Waals surface area (Å²) in [7, 11) is 4.25. The molecule has 0 saturated carbocycles. The van der Waals surface area contributed by atoms with E-state index in [1.54, 1.807) is 11.8 Å². The van der Waals surface area contributed by atoms with Crippen molar-refractivity contribution in [2.24, 2.45) is 0 Å². The van der Waals surface area contributed by atoms with Crippen LogP contribution in [0.4, 0.5) is 4.79 Å². The van der Waals surface area contributed by atoms with Crippen molar-refractivity contribution in [1.82, 2.24) is 20.4 Å². The molecule has 1 aromatic carbocycles. The zero-order valence-corrected chi connectivity index (χ0v) is 15.1. The monoisotopic (exact) mass is 336 g/mol.